The Balaban J connectivity index is 2.00. The van der Waals surface area contributed by atoms with Gasteiger partial charge in [0.05, 0.1) is 7.11 Å². The van der Waals surface area contributed by atoms with Crippen LogP contribution in [0.5, 0.6) is 0 Å². The van der Waals surface area contributed by atoms with E-state index in [-0.39, 0.29) is 6.03 Å². The zero-order valence-electron chi connectivity index (χ0n) is 13.4. The van der Waals surface area contributed by atoms with E-state index in [1.54, 1.807) is 36.2 Å². The molecule has 0 fully saturated rings. The molecular formula is C17H18BrN3O3. The lowest BCUT2D eigenvalue weighted by Gasteiger charge is -2.19. The van der Waals surface area contributed by atoms with Gasteiger partial charge < -0.3 is 15.0 Å². The molecule has 0 aliphatic heterocycles. The summed E-state index contributed by atoms with van der Waals surface area (Å²) in [6.45, 7) is 0.466. The Labute approximate surface area is 148 Å². The first-order valence-corrected chi connectivity index (χ1v) is 7.99. The molecule has 126 valence electrons. The van der Waals surface area contributed by atoms with Crippen molar-refractivity contribution < 1.29 is 14.3 Å². The molecule has 0 atom stereocenters. The zero-order valence-corrected chi connectivity index (χ0v) is 15.0. The number of nitrogens with one attached hydrogen (secondary N) is 2. The van der Waals surface area contributed by atoms with E-state index in [9.17, 15) is 9.59 Å². The summed E-state index contributed by atoms with van der Waals surface area (Å²) in [5.41, 5.74) is 2.12. The maximum absolute atomic E-state index is 12.3. The fourth-order valence-electron chi connectivity index (χ4n) is 2.02. The molecule has 0 heterocycles. The van der Waals surface area contributed by atoms with Crippen LogP contribution in [0.4, 0.5) is 21.0 Å². The molecule has 0 spiro atoms. The van der Waals surface area contributed by atoms with E-state index in [4.69, 9.17) is 0 Å². The second-order valence-electron chi connectivity index (χ2n) is 5.08. The Bertz CT molecular complexity index is 737. The van der Waals surface area contributed by atoms with Crippen LogP contribution in [0.2, 0.25) is 0 Å². The highest BCUT2D eigenvalue weighted by Gasteiger charge is 2.11. The summed E-state index contributed by atoms with van der Waals surface area (Å²) >= 11 is 3.47. The smallest absolute Gasteiger partial charge is 0.411 e. The van der Waals surface area contributed by atoms with Crippen molar-refractivity contribution in [1.29, 1.82) is 0 Å². The zero-order chi connectivity index (χ0) is 17.5. The molecule has 2 aromatic rings. The summed E-state index contributed by atoms with van der Waals surface area (Å²) in [7, 11) is 3.00. The molecule has 0 unspecified atom stereocenters. The molecule has 2 rings (SSSR count). The quantitative estimate of drug-likeness (QED) is 0.816. The number of carbonyl (C=O) groups is 2. The van der Waals surface area contributed by atoms with E-state index in [2.05, 4.69) is 31.3 Å². The molecule has 7 heteroatoms. The summed E-state index contributed by atoms with van der Waals surface area (Å²) in [5, 5.41) is 5.34. The van der Waals surface area contributed by atoms with Gasteiger partial charge in [-0.2, -0.15) is 0 Å². The molecule has 24 heavy (non-hydrogen) atoms. The fourth-order valence-corrected chi connectivity index (χ4v) is 2.43. The third-order valence-corrected chi connectivity index (χ3v) is 4.03. The van der Waals surface area contributed by atoms with Crippen molar-refractivity contribution in [1.82, 2.24) is 4.90 Å². The minimum absolute atomic E-state index is 0.249. The summed E-state index contributed by atoms with van der Waals surface area (Å²) < 4.78 is 5.49. The van der Waals surface area contributed by atoms with Crippen LogP contribution in [-0.2, 0) is 11.3 Å². The maximum atomic E-state index is 12.3. The van der Waals surface area contributed by atoms with Gasteiger partial charge in [0.15, 0.2) is 0 Å². The molecule has 2 aromatic carbocycles. The number of methoxy groups -OCH3 is 1. The second-order valence-corrected chi connectivity index (χ2v) is 5.93. The predicted molar refractivity (Wildman–Crippen MR) is 97.1 cm³/mol. The van der Waals surface area contributed by atoms with Crippen LogP contribution >= 0.6 is 15.9 Å². The number of halogens is 1. The van der Waals surface area contributed by atoms with Crippen LogP contribution in [-0.4, -0.2) is 31.2 Å². The van der Waals surface area contributed by atoms with Crippen LogP contribution in [0.1, 0.15) is 5.56 Å². The second kappa shape index (κ2) is 8.35. The number of benzene rings is 2. The number of urea groups is 1. The highest BCUT2D eigenvalue weighted by Crippen LogP contribution is 2.19. The molecular weight excluding hydrogens is 374 g/mol. The third kappa shape index (κ3) is 4.99. The number of rotatable bonds is 4. The van der Waals surface area contributed by atoms with Gasteiger partial charge in [-0.05, 0) is 29.8 Å². The van der Waals surface area contributed by atoms with E-state index >= 15 is 0 Å². The summed E-state index contributed by atoms with van der Waals surface area (Å²) in [4.78, 5) is 25.1. The molecule has 0 aromatic heterocycles. The van der Waals surface area contributed by atoms with Crippen molar-refractivity contribution in [3.8, 4) is 0 Å². The number of hydrogen-bond donors (Lipinski definition) is 2. The van der Waals surface area contributed by atoms with Gasteiger partial charge in [0, 0.05) is 29.4 Å². The Morgan fingerprint density at radius 1 is 1.08 bits per heavy atom. The fraction of sp³-hybridized carbons (Fsp3) is 0.176. The molecule has 0 bridgehead atoms. The minimum atomic E-state index is -0.565. The third-order valence-electron chi connectivity index (χ3n) is 3.26. The van der Waals surface area contributed by atoms with Gasteiger partial charge in [-0.15, -0.1) is 0 Å². The van der Waals surface area contributed by atoms with Crippen molar-refractivity contribution in [3.05, 3.63) is 58.6 Å². The van der Waals surface area contributed by atoms with Crippen molar-refractivity contribution >= 4 is 39.4 Å². The van der Waals surface area contributed by atoms with Crippen molar-refractivity contribution in [2.75, 3.05) is 24.8 Å². The average molecular weight is 392 g/mol. The highest BCUT2D eigenvalue weighted by atomic mass is 79.9. The first-order valence-electron chi connectivity index (χ1n) is 7.20. The number of anilines is 2. The molecule has 0 aliphatic rings. The van der Waals surface area contributed by atoms with Crippen molar-refractivity contribution in [2.24, 2.45) is 0 Å². The number of carbonyl (C=O) groups excluding carboxylic acids is 2. The lowest BCUT2D eigenvalue weighted by Crippen LogP contribution is -2.31. The standard InChI is InChI=1S/C17H18BrN3O3/c1-21(11-12-6-3-4-9-15(12)18)16(22)19-13-7-5-8-14(10-13)20-17(23)24-2/h3-10H,11H2,1-2H3,(H,19,22)(H,20,23). The van der Waals surface area contributed by atoms with Crippen LogP contribution < -0.4 is 10.6 Å². The van der Waals surface area contributed by atoms with Gasteiger partial charge >= 0.3 is 12.1 Å². The van der Waals surface area contributed by atoms with E-state index in [1.807, 2.05) is 24.3 Å². The molecule has 3 amide bonds. The van der Waals surface area contributed by atoms with Crippen molar-refractivity contribution in [2.45, 2.75) is 6.54 Å². The predicted octanol–water partition coefficient (Wildman–Crippen LogP) is 4.29. The molecule has 6 nitrogen and oxygen atoms in total. The monoisotopic (exact) mass is 391 g/mol. The Kier molecular flexibility index (Phi) is 6.20. The first-order chi connectivity index (χ1) is 11.5. The van der Waals surface area contributed by atoms with Crippen LogP contribution in [0.15, 0.2) is 53.0 Å². The van der Waals surface area contributed by atoms with Gasteiger partial charge in [-0.1, -0.05) is 40.2 Å². The van der Waals surface area contributed by atoms with Gasteiger partial charge in [0.25, 0.3) is 0 Å². The van der Waals surface area contributed by atoms with Gasteiger partial charge in [-0.3, -0.25) is 5.32 Å². The van der Waals surface area contributed by atoms with Gasteiger partial charge in [0.2, 0.25) is 0 Å². The number of nitrogens with zero attached hydrogens (tertiary/aromatic N) is 1. The Morgan fingerprint density at radius 3 is 2.42 bits per heavy atom. The van der Waals surface area contributed by atoms with Crippen LogP contribution in [0.3, 0.4) is 0 Å². The van der Waals surface area contributed by atoms with E-state index in [1.165, 1.54) is 7.11 Å². The number of amides is 3. The average Bonchev–Trinajstić information content (AvgIpc) is 2.57. The molecule has 0 radical (unpaired) electrons. The van der Waals surface area contributed by atoms with E-state index in [0.717, 1.165) is 10.0 Å². The van der Waals surface area contributed by atoms with E-state index in [0.29, 0.717) is 17.9 Å². The molecule has 2 N–H and O–H groups in total. The summed E-state index contributed by atoms with van der Waals surface area (Å²) in [6, 6.07) is 14.3. The lowest BCUT2D eigenvalue weighted by atomic mass is 10.2. The molecule has 0 saturated carbocycles. The van der Waals surface area contributed by atoms with Crippen LogP contribution in [0.25, 0.3) is 0 Å². The SMILES string of the molecule is COC(=O)Nc1cccc(NC(=O)N(C)Cc2ccccc2Br)c1. The minimum Gasteiger partial charge on any atom is -0.453 e. The number of ether oxygens (including phenoxy) is 1. The highest BCUT2D eigenvalue weighted by molar-refractivity contribution is 9.10. The molecule has 0 saturated heterocycles. The summed E-state index contributed by atoms with van der Waals surface area (Å²) in [5.74, 6) is 0. The van der Waals surface area contributed by atoms with Gasteiger partial charge in [0.1, 0.15) is 0 Å². The van der Waals surface area contributed by atoms with Crippen LogP contribution in [0, 0.1) is 0 Å². The number of hydrogen-bond acceptors (Lipinski definition) is 3. The lowest BCUT2D eigenvalue weighted by molar-refractivity contribution is 0.187. The Hall–Kier alpha value is -2.54. The largest absolute Gasteiger partial charge is 0.453 e. The first kappa shape index (κ1) is 17.8. The Morgan fingerprint density at radius 2 is 1.75 bits per heavy atom. The van der Waals surface area contributed by atoms with E-state index < -0.39 is 6.09 Å². The molecule has 0 aliphatic carbocycles. The maximum Gasteiger partial charge on any atom is 0.411 e. The van der Waals surface area contributed by atoms with Gasteiger partial charge in [-0.25, -0.2) is 9.59 Å². The topological polar surface area (TPSA) is 70.7 Å². The summed E-state index contributed by atoms with van der Waals surface area (Å²) in [6.07, 6.45) is -0.565. The van der Waals surface area contributed by atoms with Crippen molar-refractivity contribution in [3.63, 3.8) is 0 Å². The normalized spacial score (nSPS) is 9.96.